The molecule has 0 amide bonds. The van der Waals surface area contributed by atoms with E-state index in [9.17, 15) is 4.79 Å². The van der Waals surface area contributed by atoms with E-state index in [2.05, 4.69) is 85.6 Å². The van der Waals surface area contributed by atoms with Crippen LogP contribution in [-0.2, 0) is 16.6 Å². The molecule has 1 saturated carbocycles. The highest BCUT2D eigenvalue weighted by Gasteiger charge is 2.59. The van der Waals surface area contributed by atoms with Crippen molar-refractivity contribution in [2.75, 3.05) is 13.1 Å². The van der Waals surface area contributed by atoms with Gasteiger partial charge in [-0.3, -0.25) is 4.79 Å². The third-order valence-electron chi connectivity index (χ3n) is 8.94. The van der Waals surface area contributed by atoms with Crippen molar-refractivity contribution in [2.45, 2.75) is 110 Å². The van der Waals surface area contributed by atoms with E-state index in [1.807, 2.05) is 0 Å². The Hall–Kier alpha value is -1.59. The smallest absolute Gasteiger partial charge is 0.250 e. The zero-order valence-corrected chi connectivity index (χ0v) is 24.8. The van der Waals surface area contributed by atoms with E-state index in [0.29, 0.717) is 18.3 Å². The summed E-state index contributed by atoms with van der Waals surface area (Å²) in [6.45, 7) is 26.3. The molecule has 1 aliphatic heterocycles. The van der Waals surface area contributed by atoms with E-state index in [1.54, 1.807) is 0 Å². The van der Waals surface area contributed by atoms with E-state index in [4.69, 9.17) is 9.16 Å². The first-order chi connectivity index (χ1) is 16.2. The monoisotopic (exact) mass is 499 g/mol. The zero-order valence-electron chi connectivity index (χ0n) is 23.8. The van der Waals surface area contributed by atoms with Gasteiger partial charge in [0.15, 0.2) is 17.6 Å². The zero-order chi connectivity index (χ0) is 26.2. The van der Waals surface area contributed by atoms with Crippen molar-refractivity contribution in [1.82, 2.24) is 5.32 Å². The number of Topliss-reactive ketones (excluding diaryl/α,β-unsaturated/α-hetero) is 1. The third-order valence-corrected chi connectivity index (χ3v) is 13.3. The standard InChI is InChI=1S/C30H49NO3Si/c1-11-21(4)19-31-17-16-30-22(5)12-14-24(32)28(30)33-27-25(34-35(9,10)29(6,7)8)15-13-23(26(27)30)18-20(2)3/h13,15,21-22,28,31H,2,11-12,14,16-19H2,1,3-10H3/t21?,22?,28-,30-/m0/s1. The average molecular weight is 500 g/mol. The summed E-state index contributed by atoms with van der Waals surface area (Å²) in [5.74, 6) is 2.87. The van der Waals surface area contributed by atoms with Gasteiger partial charge in [-0.2, -0.15) is 0 Å². The molecular formula is C30H49NO3Si. The van der Waals surface area contributed by atoms with Crippen LogP contribution in [-0.4, -0.2) is 33.3 Å². The lowest BCUT2D eigenvalue weighted by molar-refractivity contribution is -0.132. The Morgan fingerprint density at radius 3 is 2.63 bits per heavy atom. The molecule has 1 fully saturated rings. The van der Waals surface area contributed by atoms with E-state index >= 15 is 0 Å². The summed E-state index contributed by atoms with van der Waals surface area (Å²) in [4.78, 5) is 13.4. The number of carbonyl (C=O) groups is 1. The molecule has 0 radical (unpaired) electrons. The lowest BCUT2D eigenvalue weighted by Gasteiger charge is -2.43. The van der Waals surface area contributed by atoms with Gasteiger partial charge in [0, 0.05) is 17.4 Å². The SMILES string of the molecule is C=C(C)Cc1ccc(O[Si](C)(C)C(C)(C)C)c2c1[C@]1(CCNCC(C)CC)C(C)CCC(=O)[C@@H]1O2. The van der Waals surface area contributed by atoms with Gasteiger partial charge < -0.3 is 14.5 Å². The van der Waals surface area contributed by atoms with Crippen molar-refractivity contribution in [3.05, 3.63) is 35.4 Å². The normalized spacial score (nSPS) is 25.0. The summed E-state index contributed by atoms with van der Waals surface area (Å²) in [5, 5.41) is 3.75. The van der Waals surface area contributed by atoms with Gasteiger partial charge in [-0.1, -0.05) is 66.2 Å². The Bertz CT molecular complexity index is 948. The molecule has 1 aliphatic carbocycles. The molecule has 1 heterocycles. The predicted molar refractivity (Wildman–Crippen MR) is 149 cm³/mol. The van der Waals surface area contributed by atoms with Crippen molar-refractivity contribution in [2.24, 2.45) is 11.8 Å². The quantitative estimate of drug-likeness (QED) is 0.210. The second kappa shape index (κ2) is 10.4. The fourth-order valence-electron chi connectivity index (χ4n) is 5.46. The van der Waals surface area contributed by atoms with Gasteiger partial charge in [0.05, 0.1) is 0 Å². The van der Waals surface area contributed by atoms with Gasteiger partial charge in [-0.15, -0.1) is 0 Å². The Labute approximate surface area is 215 Å². The highest BCUT2D eigenvalue weighted by atomic mass is 28.4. The molecule has 0 bridgehead atoms. The summed E-state index contributed by atoms with van der Waals surface area (Å²) in [6.07, 6.45) is 3.92. The van der Waals surface area contributed by atoms with Crippen LogP contribution in [0.2, 0.25) is 18.1 Å². The summed E-state index contributed by atoms with van der Waals surface area (Å²) in [5.41, 5.74) is 3.24. The maximum atomic E-state index is 13.4. The molecular weight excluding hydrogens is 450 g/mol. The molecule has 0 saturated heterocycles. The second-order valence-electron chi connectivity index (χ2n) is 12.8. The Morgan fingerprint density at radius 1 is 1.34 bits per heavy atom. The summed E-state index contributed by atoms with van der Waals surface area (Å²) in [7, 11) is -2.09. The minimum atomic E-state index is -2.09. The molecule has 35 heavy (non-hydrogen) atoms. The van der Waals surface area contributed by atoms with Crippen LogP contribution >= 0.6 is 0 Å². The number of nitrogens with one attached hydrogen (secondary N) is 1. The first kappa shape index (κ1) is 28.0. The molecule has 1 aromatic rings. The van der Waals surface area contributed by atoms with Crippen molar-refractivity contribution >= 4 is 14.1 Å². The molecule has 1 aromatic carbocycles. The highest BCUT2D eigenvalue weighted by molar-refractivity contribution is 6.74. The number of hydrogen-bond donors (Lipinski definition) is 1. The molecule has 196 valence electrons. The number of rotatable bonds is 10. The van der Waals surface area contributed by atoms with Crippen LogP contribution in [0.3, 0.4) is 0 Å². The lowest BCUT2D eigenvalue weighted by Crippen LogP contribution is -2.53. The van der Waals surface area contributed by atoms with Gasteiger partial charge in [-0.25, -0.2) is 0 Å². The number of hydrogen-bond acceptors (Lipinski definition) is 4. The van der Waals surface area contributed by atoms with E-state index in [1.165, 1.54) is 17.5 Å². The van der Waals surface area contributed by atoms with Crippen LogP contribution in [0.1, 0.15) is 85.3 Å². The first-order valence-electron chi connectivity index (χ1n) is 13.6. The van der Waals surface area contributed by atoms with Gasteiger partial charge in [0.25, 0.3) is 8.32 Å². The summed E-state index contributed by atoms with van der Waals surface area (Å²) < 4.78 is 13.5. The molecule has 0 aromatic heterocycles. The van der Waals surface area contributed by atoms with Crippen LogP contribution in [0, 0.1) is 11.8 Å². The first-order valence-corrected chi connectivity index (χ1v) is 16.5. The number of carbonyl (C=O) groups excluding carboxylic acids is 1. The van der Waals surface area contributed by atoms with Crippen LogP contribution in [0.5, 0.6) is 11.5 Å². The Balaban J connectivity index is 2.12. The molecule has 2 aliphatic rings. The Morgan fingerprint density at radius 2 is 2.03 bits per heavy atom. The van der Waals surface area contributed by atoms with Crippen molar-refractivity contribution in [3.8, 4) is 11.5 Å². The third kappa shape index (κ3) is 5.41. The van der Waals surface area contributed by atoms with Crippen LogP contribution in [0.4, 0.5) is 0 Å². The van der Waals surface area contributed by atoms with Gasteiger partial charge in [-0.05, 0) is 80.9 Å². The summed E-state index contributed by atoms with van der Waals surface area (Å²) in [6, 6.07) is 4.29. The van der Waals surface area contributed by atoms with Crippen LogP contribution in [0.15, 0.2) is 24.3 Å². The predicted octanol–water partition coefficient (Wildman–Crippen LogP) is 7.21. The molecule has 1 N–H and O–H groups in total. The number of benzene rings is 1. The highest BCUT2D eigenvalue weighted by Crippen LogP contribution is 2.58. The van der Waals surface area contributed by atoms with Crippen LogP contribution in [0.25, 0.3) is 0 Å². The molecule has 2 unspecified atom stereocenters. The van der Waals surface area contributed by atoms with E-state index in [-0.39, 0.29) is 16.2 Å². The largest absolute Gasteiger partial charge is 0.541 e. The van der Waals surface area contributed by atoms with Crippen molar-refractivity contribution in [1.29, 1.82) is 0 Å². The minimum Gasteiger partial charge on any atom is -0.541 e. The van der Waals surface area contributed by atoms with Gasteiger partial charge >= 0.3 is 0 Å². The second-order valence-corrected chi connectivity index (χ2v) is 17.6. The number of fused-ring (bicyclic) bond motifs is 3. The van der Waals surface area contributed by atoms with Crippen molar-refractivity contribution < 1.29 is 14.0 Å². The molecule has 0 spiro atoms. The van der Waals surface area contributed by atoms with E-state index < -0.39 is 14.4 Å². The molecule has 5 heteroatoms. The molecule has 4 nitrogen and oxygen atoms in total. The van der Waals surface area contributed by atoms with E-state index in [0.717, 1.165) is 49.4 Å². The lowest BCUT2D eigenvalue weighted by atomic mass is 9.59. The van der Waals surface area contributed by atoms with Gasteiger partial charge in [0.2, 0.25) is 0 Å². The average Bonchev–Trinajstić information content (AvgIpc) is 3.12. The summed E-state index contributed by atoms with van der Waals surface area (Å²) >= 11 is 0. The molecule has 3 rings (SSSR count). The fourth-order valence-corrected chi connectivity index (χ4v) is 6.48. The van der Waals surface area contributed by atoms with Crippen LogP contribution < -0.4 is 14.5 Å². The fraction of sp³-hybridized carbons (Fsp3) is 0.700. The van der Waals surface area contributed by atoms with Gasteiger partial charge in [0.1, 0.15) is 5.75 Å². The number of ketones is 1. The number of ether oxygens (including phenoxy) is 1. The topological polar surface area (TPSA) is 47.6 Å². The maximum Gasteiger partial charge on any atom is 0.250 e. The Kier molecular flexibility index (Phi) is 8.33. The van der Waals surface area contributed by atoms with Crippen molar-refractivity contribution in [3.63, 3.8) is 0 Å². The number of allylic oxidation sites excluding steroid dienone is 1. The minimum absolute atomic E-state index is 0.0717. The maximum absolute atomic E-state index is 13.4. The molecule has 4 atom stereocenters.